The van der Waals surface area contributed by atoms with Gasteiger partial charge in [-0.1, -0.05) is 18.2 Å². The average molecular weight is 431 g/mol. The zero-order valence-corrected chi connectivity index (χ0v) is 16.4. The number of para-hydroxylation sites is 1. The minimum Gasteiger partial charge on any atom is -0.454 e. The number of anilines is 1. The van der Waals surface area contributed by atoms with Gasteiger partial charge in [0.2, 0.25) is 18.6 Å². The molecule has 2 aromatic carbocycles. The van der Waals surface area contributed by atoms with Crippen LogP contribution in [0.4, 0.5) is 5.69 Å². The topological polar surface area (TPSA) is 67.9 Å². The van der Waals surface area contributed by atoms with Gasteiger partial charge >= 0.3 is 0 Å². The van der Waals surface area contributed by atoms with Gasteiger partial charge in [-0.05, 0) is 52.7 Å². The molecule has 27 heavy (non-hydrogen) atoms. The molecule has 140 valence electrons. The van der Waals surface area contributed by atoms with Gasteiger partial charge in [0.15, 0.2) is 11.5 Å². The van der Waals surface area contributed by atoms with E-state index in [1.54, 1.807) is 4.90 Å². The number of nitrogens with one attached hydrogen (secondary N) is 1. The Morgan fingerprint density at radius 3 is 2.81 bits per heavy atom. The lowest BCUT2D eigenvalue weighted by Gasteiger charge is -2.19. The molecule has 2 amide bonds. The second-order valence-electron chi connectivity index (χ2n) is 6.70. The van der Waals surface area contributed by atoms with E-state index in [1.807, 2.05) is 49.4 Å². The molecule has 0 spiro atoms. The SMILES string of the molecule is CC(NC(=O)C1CC(=O)N(c2ccccc2Br)C1)c1ccc2c(c1)OCO2. The second-order valence-corrected chi connectivity index (χ2v) is 7.55. The number of hydrogen-bond donors (Lipinski definition) is 1. The molecule has 0 aliphatic carbocycles. The van der Waals surface area contributed by atoms with Crippen LogP contribution < -0.4 is 19.7 Å². The van der Waals surface area contributed by atoms with Crippen molar-refractivity contribution in [3.8, 4) is 11.5 Å². The van der Waals surface area contributed by atoms with E-state index in [0.29, 0.717) is 18.0 Å². The van der Waals surface area contributed by atoms with E-state index in [-0.39, 0.29) is 37.0 Å². The third-order valence-electron chi connectivity index (χ3n) is 4.89. The normalized spacial score (nSPS) is 19.3. The number of nitrogens with zero attached hydrogens (tertiary/aromatic N) is 1. The number of carbonyl (C=O) groups excluding carboxylic acids is 2. The number of rotatable bonds is 4. The van der Waals surface area contributed by atoms with Crippen LogP contribution in [0.1, 0.15) is 24.9 Å². The quantitative estimate of drug-likeness (QED) is 0.806. The monoisotopic (exact) mass is 430 g/mol. The fraction of sp³-hybridized carbons (Fsp3) is 0.300. The molecule has 0 bridgehead atoms. The highest BCUT2D eigenvalue weighted by molar-refractivity contribution is 9.10. The number of hydrogen-bond acceptors (Lipinski definition) is 4. The van der Waals surface area contributed by atoms with E-state index in [2.05, 4.69) is 21.2 Å². The Hall–Kier alpha value is -2.54. The van der Waals surface area contributed by atoms with Crippen molar-refractivity contribution in [3.05, 3.63) is 52.5 Å². The minimum atomic E-state index is -0.374. The Kier molecular flexibility index (Phi) is 4.78. The van der Waals surface area contributed by atoms with E-state index in [9.17, 15) is 9.59 Å². The first-order valence-electron chi connectivity index (χ1n) is 8.78. The second kappa shape index (κ2) is 7.23. The summed E-state index contributed by atoms with van der Waals surface area (Å²) in [4.78, 5) is 26.8. The maximum atomic E-state index is 12.7. The molecular formula is C20H19BrN2O4. The molecule has 6 nitrogen and oxygen atoms in total. The first-order chi connectivity index (χ1) is 13.0. The van der Waals surface area contributed by atoms with Crippen molar-refractivity contribution < 1.29 is 19.1 Å². The maximum Gasteiger partial charge on any atom is 0.231 e. The van der Waals surface area contributed by atoms with Crippen LogP contribution in [0, 0.1) is 5.92 Å². The molecule has 2 aromatic rings. The molecule has 2 aliphatic rings. The average Bonchev–Trinajstić information content (AvgIpc) is 3.28. The maximum absolute atomic E-state index is 12.7. The largest absolute Gasteiger partial charge is 0.454 e. The molecule has 1 saturated heterocycles. The Bertz CT molecular complexity index is 901. The van der Waals surface area contributed by atoms with Crippen LogP contribution in [0.2, 0.25) is 0 Å². The fourth-order valence-electron chi connectivity index (χ4n) is 3.38. The number of ether oxygens (including phenoxy) is 2. The highest BCUT2D eigenvalue weighted by Gasteiger charge is 2.36. The summed E-state index contributed by atoms with van der Waals surface area (Å²) in [5, 5.41) is 3.01. The molecule has 0 saturated carbocycles. The summed E-state index contributed by atoms with van der Waals surface area (Å²) < 4.78 is 11.5. The highest BCUT2D eigenvalue weighted by atomic mass is 79.9. The summed E-state index contributed by atoms with van der Waals surface area (Å²) >= 11 is 3.47. The van der Waals surface area contributed by atoms with Gasteiger partial charge in [-0.2, -0.15) is 0 Å². The number of benzene rings is 2. The standard InChI is InChI=1S/C20H19BrN2O4/c1-12(13-6-7-17-18(8-13)27-11-26-17)22-20(25)14-9-19(24)23(10-14)16-5-3-2-4-15(16)21/h2-8,12,14H,9-11H2,1H3,(H,22,25). The molecule has 2 aliphatic heterocycles. The van der Waals surface area contributed by atoms with E-state index >= 15 is 0 Å². The molecule has 0 aromatic heterocycles. The fourth-order valence-corrected chi connectivity index (χ4v) is 3.88. The minimum absolute atomic E-state index is 0.0437. The first kappa shape index (κ1) is 17.9. The van der Waals surface area contributed by atoms with Crippen molar-refractivity contribution >= 4 is 33.4 Å². The van der Waals surface area contributed by atoms with Crippen molar-refractivity contribution in [3.63, 3.8) is 0 Å². The smallest absolute Gasteiger partial charge is 0.231 e. The number of fused-ring (bicyclic) bond motifs is 1. The Morgan fingerprint density at radius 1 is 1.22 bits per heavy atom. The number of halogens is 1. The van der Waals surface area contributed by atoms with Crippen LogP contribution in [-0.4, -0.2) is 25.2 Å². The van der Waals surface area contributed by atoms with Crippen molar-refractivity contribution in [1.29, 1.82) is 0 Å². The molecule has 4 rings (SSSR count). The van der Waals surface area contributed by atoms with Gasteiger partial charge in [-0.3, -0.25) is 9.59 Å². The molecule has 0 radical (unpaired) electrons. The lowest BCUT2D eigenvalue weighted by atomic mass is 10.0. The lowest BCUT2D eigenvalue weighted by molar-refractivity contribution is -0.126. The van der Waals surface area contributed by atoms with Crippen LogP contribution in [-0.2, 0) is 9.59 Å². The number of carbonyl (C=O) groups is 2. The van der Waals surface area contributed by atoms with Crippen LogP contribution in [0.15, 0.2) is 46.9 Å². The summed E-state index contributed by atoms with van der Waals surface area (Å²) in [6.45, 7) is 2.51. The summed E-state index contributed by atoms with van der Waals surface area (Å²) in [6, 6.07) is 13.0. The van der Waals surface area contributed by atoms with Gasteiger partial charge in [0.05, 0.1) is 17.6 Å². The van der Waals surface area contributed by atoms with Crippen LogP contribution in [0.3, 0.4) is 0 Å². The Labute approximate surface area is 165 Å². The number of amides is 2. The van der Waals surface area contributed by atoms with E-state index in [4.69, 9.17) is 9.47 Å². The lowest BCUT2D eigenvalue weighted by Crippen LogP contribution is -2.34. The molecule has 2 atom stereocenters. The van der Waals surface area contributed by atoms with Crippen LogP contribution >= 0.6 is 15.9 Å². The van der Waals surface area contributed by atoms with Gasteiger partial charge in [-0.25, -0.2) is 0 Å². The first-order valence-corrected chi connectivity index (χ1v) is 9.57. The summed E-state index contributed by atoms with van der Waals surface area (Å²) in [5.41, 5.74) is 1.72. The van der Waals surface area contributed by atoms with Gasteiger partial charge in [0.25, 0.3) is 0 Å². The molecular weight excluding hydrogens is 412 g/mol. The van der Waals surface area contributed by atoms with Gasteiger partial charge in [0.1, 0.15) is 0 Å². The van der Waals surface area contributed by atoms with E-state index in [0.717, 1.165) is 15.7 Å². The molecule has 7 heteroatoms. The van der Waals surface area contributed by atoms with Crippen LogP contribution in [0.5, 0.6) is 11.5 Å². The van der Waals surface area contributed by atoms with Crippen molar-refractivity contribution in [1.82, 2.24) is 5.32 Å². The van der Waals surface area contributed by atoms with Gasteiger partial charge in [0, 0.05) is 17.4 Å². The highest BCUT2D eigenvalue weighted by Crippen LogP contribution is 2.35. The van der Waals surface area contributed by atoms with Gasteiger partial charge in [-0.15, -0.1) is 0 Å². The van der Waals surface area contributed by atoms with E-state index < -0.39 is 0 Å². The third kappa shape index (κ3) is 3.51. The predicted octanol–water partition coefficient (Wildman–Crippen LogP) is 3.41. The third-order valence-corrected chi connectivity index (χ3v) is 5.57. The van der Waals surface area contributed by atoms with Crippen molar-refractivity contribution in [2.75, 3.05) is 18.2 Å². The summed E-state index contributed by atoms with van der Waals surface area (Å²) in [6.07, 6.45) is 0.209. The predicted molar refractivity (Wildman–Crippen MR) is 104 cm³/mol. The Morgan fingerprint density at radius 2 is 2.00 bits per heavy atom. The van der Waals surface area contributed by atoms with Gasteiger partial charge < -0.3 is 19.7 Å². The zero-order chi connectivity index (χ0) is 19.0. The van der Waals surface area contributed by atoms with E-state index in [1.165, 1.54) is 0 Å². The van der Waals surface area contributed by atoms with Crippen molar-refractivity contribution in [2.24, 2.45) is 5.92 Å². The molecule has 2 unspecified atom stereocenters. The summed E-state index contributed by atoms with van der Waals surface area (Å²) in [5.74, 6) is 0.856. The zero-order valence-electron chi connectivity index (χ0n) is 14.8. The molecule has 2 heterocycles. The van der Waals surface area contributed by atoms with Crippen molar-refractivity contribution in [2.45, 2.75) is 19.4 Å². The van der Waals surface area contributed by atoms with Crippen LogP contribution in [0.25, 0.3) is 0 Å². The summed E-state index contributed by atoms with van der Waals surface area (Å²) in [7, 11) is 0. The Balaban J connectivity index is 1.43. The molecule has 1 fully saturated rings. The molecule has 1 N–H and O–H groups in total.